The van der Waals surface area contributed by atoms with Gasteiger partial charge < -0.3 is 62.2 Å². The zero-order chi connectivity index (χ0) is 33.1. The number of rotatable bonds is 43. The average Bonchev–Trinajstić information content (AvgIpc) is 3.07. The maximum atomic E-state index is 5.59. The van der Waals surface area contributed by atoms with Crippen LogP contribution >= 0.6 is 0 Å². The van der Waals surface area contributed by atoms with Gasteiger partial charge in [0, 0.05) is 13.2 Å². The molecule has 0 atom stereocenters. The van der Waals surface area contributed by atoms with Gasteiger partial charge in [0.05, 0.1) is 152 Å². The highest BCUT2D eigenvalue weighted by Gasteiger charge is 1.97. The highest BCUT2D eigenvalue weighted by atomic mass is 16.6. The van der Waals surface area contributed by atoms with Crippen molar-refractivity contribution in [3.63, 3.8) is 0 Å². The summed E-state index contributed by atoms with van der Waals surface area (Å²) in [5, 5.41) is 3.02. The van der Waals surface area contributed by atoms with Gasteiger partial charge in [-0.3, -0.25) is 0 Å². The molecule has 13 heteroatoms. The standard InChI is InChI=1S/C33H69NO12/c1-3-4-5-6-7-8-10-35-12-14-37-16-18-39-20-22-41-24-26-43-28-30-45-32-33-46-31-29-44-27-25-42-23-21-40-19-17-38-15-13-36-11-9-34-2/h34H,3-33H2,1-2H3. The number of likely N-dealkylation sites (N-methyl/N-ethyl adjacent to an activating group) is 1. The smallest absolute Gasteiger partial charge is 0.0701 e. The van der Waals surface area contributed by atoms with Crippen LogP contribution < -0.4 is 5.32 Å². The summed E-state index contributed by atoms with van der Waals surface area (Å²) in [6.45, 7) is 16.6. The van der Waals surface area contributed by atoms with E-state index in [9.17, 15) is 0 Å². The zero-order valence-electron chi connectivity index (χ0n) is 29.3. The van der Waals surface area contributed by atoms with Crippen molar-refractivity contribution in [3.8, 4) is 0 Å². The topological polar surface area (TPSA) is 123 Å². The van der Waals surface area contributed by atoms with E-state index >= 15 is 0 Å². The fourth-order valence-corrected chi connectivity index (χ4v) is 3.68. The first kappa shape index (κ1) is 45.5. The van der Waals surface area contributed by atoms with Crippen LogP contribution in [0.4, 0.5) is 0 Å². The lowest BCUT2D eigenvalue weighted by Crippen LogP contribution is -2.17. The van der Waals surface area contributed by atoms with E-state index in [-0.39, 0.29) is 0 Å². The van der Waals surface area contributed by atoms with Gasteiger partial charge in [0.1, 0.15) is 0 Å². The molecule has 13 nitrogen and oxygen atoms in total. The SMILES string of the molecule is CCCCCCCCOCCOCCOCCOCCOCCOCCOCCOCCOCCOCCOCCOCCNC. The van der Waals surface area contributed by atoms with Crippen LogP contribution in [0.3, 0.4) is 0 Å². The summed E-state index contributed by atoms with van der Waals surface area (Å²) in [6.07, 6.45) is 7.69. The third-order valence-electron chi connectivity index (χ3n) is 6.23. The van der Waals surface area contributed by atoms with Crippen molar-refractivity contribution >= 4 is 0 Å². The van der Waals surface area contributed by atoms with E-state index in [0.717, 1.165) is 19.6 Å². The van der Waals surface area contributed by atoms with E-state index in [1.165, 1.54) is 32.1 Å². The fraction of sp³-hybridized carbons (Fsp3) is 1.00. The van der Waals surface area contributed by atoms with Gasteiger partial charge in [0.15, 0.2) is 0 Å². The minimum Gasteiger partial charge on any atom is -0.379 e. The van der Waals surface area contributed by atoms with E-state index < -0.39 is 0 Å². The van der Waals surface area contributed by atoms with E-state index in [1.807, 2.05) is 7.05 Å². The molecule has 0 bridgehead atoms. The Morgan fingerprint density at radius 2 is 0.478 bits per heavy atom. The second-order valence-electron chi connectivity index (χ2n) is 10.2. The zero-order valence-corrected chi connectivity index (χ0v) is 29.3. The quantitative estimate of drug-likeness (QED) is 0.0958. The average molecular weight is 672 g/mol. The van der Waals surface area contributed by atoms with Gasteiger partial charge in [0.25, 0.3) is 0 Å². The molecule has 0 unspecified atom stereocenters. The molecular formula is C33H69NO12. The van der Waals surface area contributed by atoms with E-state index in [0.29, 0.717) is 152 Å². The van der Waals surface area contributed by atoms with Crippen LogP contribution in [0, 0.1) is 0 Å². The summed E-state index contributed by atoms with van der Waals surface area (Å²) in [5.74, 6) is 0. The van der Waals surface area contributed by atoms with Crippen LogP contribution in [0.15, 0.2) is 0 Å². The Labute approximate surface area is 279 Å². The summed E-state index contributed by atoms with van der Waals surface area (Å²) < 4.78 is 65.7. The Kier molecular flexibility index (Phi) is 44.0. The van der Waals surface area contributed by atoms with Crippen LogP contribution in [0.2, 0.25) is 0 Å². The second kappa shape index (κ2) is 44.5. The predicted molar refractivity (Wildman–Crippen MR) is 177 cm³/mol. The van der Waals surface area contributed by atoms with Crippen LogP contribution in [0.1, 0.15) is 45.4 Å². The molecule has 46 heavy (non-hydrogen) atoms. The third-order valence-corrected chi connectivity index (χ3v) is 6.23. The maximum Gasteiger partial charge on any atom is 0.0701 e. The summed E-state index contributed by atoms with van der Waals surface area (Å²) in [7, 11) is 1.90. The molecule has 0 heterocycles. The molecule has 0 saturated carbocycles. The molecule has 0 fully saturated rings. The summed E-state index contributed by atoms with van der Waals surface area (Å²) in [6, 6.07) is 0. The van der Waals surface area contributed by atoms with Crippen molar-refractivity contribution in [2.45, 2.75) is 45.4 Å². The lowest BCUT2D eigenvalue weighted by atomic mass is 10.1. The van der Waals surface area contributed by atoms with Crippen LogP contribution in [-0.4, -0.2) is 172 Å². The third kappa shape index (κ3) is 43.5. The number of hydrogen-bond acceptors (Lipinski definition) is 13. The van der Waals surface area contributed by atoms with E-state index in [2.05, 4.69) is 12.2 Å². The molecule has 1 N–H and O–H groups in total. The van der Waals surface area contributed by atoms with Crippen molar-refractivity contribution in [3.05, 3.63) is 0 Å². The molecule has 0 saturated heterocycles. The highest BCUT2D eigenvalue weighted by molar-refractivity contribution is 4.44. The van der Waals surface area contributed by atoms with Crippen molar-refractivity contribution in [2.75, 3.05) is 172 Å². The van der Waals surface area contributed by atoms with Crippen molar-refractivity contribution in [1.82, 2.24) is 5.32 Å². The molecule has 0 aliphatic rings. The molecule has 0 rings (SSSR count). The van der Waals surface area contributed by atoms with Gasteiger partial charge in [-0.25, -0.2) is 0 Å². The Hall–Kier alpha value is -0.520. The number of ether oxygens (including phenoxy) is 12. The second-order valence-corrected chi connectivity index (χ2v) is 10.2. The maximum absolute atomic E-state index is 5.59. The van der Waals surface area contributed by atoms with Gasteiger partial charge in [-0.05, 0) is 13.5 Å². The van der Waals surface area contributed by atoms with Gasteiger partial charge in [-0.2, -0.15) is 0 Å². The molecule has 278 valence electrons. The molecule has 0 aromatic rings. The van der Waals surface area contributed by atoms with Crippen molar-refractivity contribution < 1.29 is 56.8 Å². The number of unbranched alkanes of at least 4 members (excludes halogenated alkanes) is 5. The predicted octanol–water partition coefficient (Wildman–Crippen LogP) is 2.77. The number of nitrogens with one attached hydrogen (secondary N) is 1. The lowest BCUT2D eigenvalue weighted by Gasteiger charge is -2.09. The fourth-order valence-electron chi connectivity index (χ4n) is 3.68. The van der Waals surface area contributed by atoms with Crippen molar-refractivity contribution in [1.29, 1.82) is 0 Å². The first-order chi connectivity index (χ1) is 22.9. The first-order valence-corrected chi connectivity index (χ1v) is 17.5. The molecule has 0 aliphatic carbocycles. The Morgan fingerprint density at radius 3 is 0.739 bits per heavy atom. The van der Waals surface area contributed by atoms with Gasteiger partial charge in [0.2, 0.25) is 0 Å². The van der Waals surface area contributed by atoms with E-state index in [4.69, 9.17) is 56.8 Å². The van der Waals surface area contributed by atoms with Crippen LogP contribution in [-0.2, 0) is 56.8 Å². The molecule has 0 aliphatic heterocycles. The Bertz CT molecular complexity index is 481. The number of hydrogen-bond donors (Lipinski definition) is 1. The summed E-state index contributed by atoms with van der Waals surface area (Å²) in [4.78, 5) is 0. The summed E-state index contributed by atoms with van der Waals surface area (Å²) >= 11 is 0. The van der Waals surface area contributed by atoms with Gasteiger partial charge in [-0.1, -0.05) is 39.0 Å². The molecular weight excluding hydrogens is 602 g/mol. The van der Waals surface area contributed by atoms with Crippen LogP contribution in [0.25, 0.3) is 0 Å². The van der Waals surface area contributed by atoms with Crippen molar-refractivity contribution in [2.24, 2.45) is 0 Å². The summed E-state index contributed by atoms with van der Waals surface area (Å²) in [5.41, 5.74) is 0. The molecule has 0 aromatic heterocycles. The molecule has 0 spiro atoms. The first-order valence-electron chi connectivity index (χ1n) is 17.5. The highest BCUT2D eigenvalue weighted by Crippen LogP contribution is 2.04. The minimum atomic E-state index is 0.519. The van der Waals surface area contributed by atoms with Gasteiger partial charge >= 0.3 is 0 Å². The Balaban J connectivity index is 3.03. The normalized spacial score (nSPS) is 11.6. The largest absolute Gasteiger partial charge is 0.379 e. The molecule has 0 aromatic carbocycles. The monoisotopic (exact) mass is 671 g/mol. The molecule has 0 amide bonds. The van der Waals surface area contributed by atoms with E-state index in [1.54, 1.807) is 0 Å². The van der Waals surface area contributed by atoms with Gasteiger partial charge in [-0.15, -0.1) is 0 Å². The minimum absolute atomic E-state index is 0.519. The lowest BCUT2D eigenvalue weighted by molar-refractivity contribution is -0.0283. The van der Waals surface area contributed by atoms with Crippen LogP contribution in [0.5, 0.6) is 0 Å². The Morgan fingerprint density at radius 1 is 0.261 bits per heavy atom. The molecule has 0 radical (unpaired) electrons.